The van der Waals surface area contributed by atoms with E-state index >= 15 is 0 Å². The molecule has 3 aliphatic heterocycles. The van der Waals surface area contributed by atoms with Crippen molar-refractivity contribution in [3.05, 3.63) is 29.8 Å². The van der Waals surface area contributed by atoms with E-state index in [1.54, 1.807) is 0 Å². The number of aliphatic carboxylic acids is 1. The van der Waals surface area contributed by atoms with Crippen molar-refractivity contribution in [1.82, 2.24) is 4.90 Å². The molecule has 0 bridgehead atoms. The molecule has 122 valence electrons. The summed E-state index contributed by atoms with van der Waals surface area (Å²) >= 11 is 0. The summed E-state index contributed by atoms with van der Waals surface area (Å²) in [6, 6.07) is 7.81. The number of nitrogens with zero attached hydrogens (tertiary/aromatic N) is 2. The Hall–Kier alpha value is -1.32. The van der Waals surface area contributed by atoms with Crippen LogP contribution < -0.4 is 28.9 Å². The van der Waals surface area contributed by atoms with Crippen LogP contribution in [-0.2, 0) is 20.9 Å². The molecule has 3 saturated heterocycles. The summed E-state index contributed by atoms with van der Waals surface area (Å²) in [4.78, 5) is 26.8. The Morgan fingerprint density at radius 2 is 1.92 bits per heavy atom. The zero-order valence-corrected chi connectivity index (χ0v) is 13.9. The van der Waals surface area contributed by atoms with E-state index < -0.39 is 11.9 Å². The zero-order chi connectivity index (χ0) is 16.0. The monoisotopic (exact) mass is 322 g/mol. The fourth-order valence-electron chi connectivity index (χ4n) is 3.74. The average Bonchev–Trinajstić information content (AvgIpc) is 2.83. The number of likely N-dealkylation sites (tertiary alicyclic amines) is 1. The van der Waals surface area contributed by atoms with Gasteiger partial charge in [-0.3, -0.25) is 9.69 Å². The van der Waals surface area contributed by atoms with Crippen LogP contribution in [0.1, 0.15) is 12.0 Å². The van der Waals surface area contributed by atoms with Crippen LogP contribution in [0, 0.1) is 11.3 Å². The molecule has 1 amide bonds. The normalized spacial score (nSPS) is 25.1. The summed E-state index contributed by atoms with van der Waals surface area (Å²) < 4.78 is 5.28. The van der Waals surface area contributed by atoms with E-state index in [0.717, 1.165) is 38.5 Å². The quantitative estimate of drug-likeness (QED) is 0.541. The van der Waals surface area contributed by atoms with Crippen molar-refractivity contribution in [3.63, 3.8) is 0 Å². The number of ether oxygens (including phenoxy) is 1. The molecule has 3 fully saturated rings. The van der Waals surface area contributed by atoms with E-state index in [4.69, 9.17) is 4.74 Å². The van der Waals surface area contributed by atoms with Gasteiger partial charge in [-0.2, -0.15) is 0 Å². The van der Waals surface area contributed by atoms with Crippen molar-refractivity contribution < 1.29 is 38.3 Å². The molecule has 6 nitrogen and oxygen atoms in total. The van der Waals surface area contributed by atoms with Gasteiger partial charge < -0.3 is 19.5 Å². The Bertz CT molecular complexity index is 636. The van der Waals surface area contributed by atoms with Gasteiger partial charge in [-0.1, -0.05) is 12.1 Å². The van der Waals surface area contributed by atoms with Gasteiger partial charge in [0.2, 0.25) is 5.91 Å². The number of carboxylic acid groups (broad SMARTS) is 1. The average molecular weight is 322 g/mol. The molecule has 0 unspecified atom stereocenters. The van der Waals surface area contributed by atoms with Crippen molar-refractivity contribution in [3.8, 4) is 0 Å². The molecular formula is C17H19LiN2O4. The Morgan fingerprint density at radius 1 is 1.25 bits per heavy atom. The van der Waals surface area contributed by atoms with Crippen molar-refractivity contribution in [2.24, 2.45) is 11.3 Å². The Kier molecular flexibility index (Phi) is 4.76. The van der Waals surface area contributed by atoms with Gasteiger partial charge in [0.25, 0.3) is 0 Å². The molecule has 3 heterocycles. The minimum Gasteiger partial charge on any atom is -0.550 e. The van der Waals surface area contributed by atoms with Crippen molar-refractivity contribution in [1.29, 1.82) is 0 Å². The predicted molar refractivity (Wildman–Crippen MR) is 80.4 cm³/mol. The number of rotatable bonds is 4. The molecule has 1 aromatic rings. The SMILES string of the molecule is O=C([O-])[C@H]1CC(=O)N(c2ccc(CN3CC4(COC4)C3)cc2)C1.[Li+]. The van der Waals surface area contributed by atoms with Crippen LogP contribution in [0.2, 0.25) is 0 Å². The summed E-state index contributed by atoms with van der Waals surface area (Å²) in [5.74, 6) is -2.00. The van der Waals surface area contributed by atoms with Crippen molar-refractivity contribution in [2.75, 3.05) is 37.7 Å². The van der Waals surface area contributed by atoms with Crippen LogP contribution in [0.4, 0.5) is 5.69 Å². The topological polar surface area (TPSA) is 72.9 Å². The molecule has 24 heavy (non-hydrogen) atoms. The van der Waals surface area contributed by atoms with Gasteiger partial charge in [0.15, 0.2) is 0 Å². The third kappa shape index (κ3) is 3.12. The second kappa shape index (κ2) is 6.53. The van der Waals surface area contributed by atoms with Crippen LogP contribution in [0.15, 0.2) is 24.3 Å². The molecule has 1 atom stereocenters. The molecule has 0 saturated carbocycles. The number of benzene rings is 1. The molecule has 1 spiro atoms. The third-order valence-electron chi connectivity index (χ3n) is 5.05. The number of carbonyl (C=O) groups excluding carboxylic acids is 2. The maximum Gasteiger partial charge on any atom is 1.00 e. The number of anilines is 1. The summed E-state index contributed by atoms with van der Waals surface area (Å²) in [6.45, 7) is 5.06. The Balaban J connectivity index is 0.00000169. The van der Waals surface area contributed by atoms with Gasteiger partial charge in [0, 0.05) is 55.6 Å². The zero-order valence-electron chi connectivity index (χ0n) is 13.9. The summed E-state index contributed by atoms with van der Waals surface area (Å²) in [5, 5.41) is 10.9. The first-order valence-electron chi connectivity index (χ1n) is 7.95. The van der Waals surface area contributed by atoms with E-state index in [-0.39, 0.29) is 37.7 Å². The van der Waals surface area contributed by atoms with Crippen LogP contribution >= 0.6 is 0 Å². The van der Waals surface area contributed by atoms with Crippen molar-refractivity contribution in [2.45, 2.75) is 13.0 Å². The molecule has 4 rings (SSSR count). The van der Waals surface area contributed by atoms with Crippen LogP contribution in [0.25, 0.3) is 0 Å². The molecule has 1 aromatic carbocycles. The molecule has 0 aromatic heterocycles. The summed E-state index contributed by atoms with van der Waals surface area (Å²) in [7, 11) is 0. The molecule has 0 N–H and O–H groups in total. The van der Waals surface area contributed by atoms with E-state index in [0.29, 0.717) is 5.41 Å². The largest absolute Gasteiger partial charge is 1.00 e. The van der Waals surface area contributed by atoms with Gasteiger partial charge in [0.1, 0.15) is 0 Å². The van der Waals surface area contributed by atoms with E-state index in [9.17, 15) is 14.7 Å². The number of carbonyl (C=O) groups is 2. The minimum atomic E-state index is -1.15. The fraction of sp³-hybridized carbons (Fsp3) is 0.529. The van der Waals surface area contributed by atoms with Gasteiger partial charge in [-0.15, -0.1) is 0 Å². The van der Waals surface area contributed by atoms with Crippen LogP contribution in [0.5, 0.6) is 0 Å². The molecule has 7 heteroatoms. The first kappa shape index (κ1) is 17.5. The van der Waals surface area contributed by atoms with E-state index in [1.165, 1.54) is 10.5 Å². The molecule has 3 aliphatic rings. The summed E-state index contributed by atoms with van der Waals surface area (Å²) in [6.07, 6.45) is 0.0298. The molecule has 0 radical (unpaired) electrons. The Morgan fingerprint density at radius 3 is 2.42 bits per heavy atom. The van der Waals surface area contributed by atoms with Crippen LogP contribution in [0.3, 0.4) is 0 Å². The van der Waals surface area contributed by atoms with Crippen molar-refractivity contribution >= 4 is 17.6 Å². The van der Waals surface area contributed by atoms with Gasteiger partial charge in [-0.05, 0) is 17.7 Å². The smallest absolute Gasteiger partial charge is 0.550 e. The Labute approximate surface area is 152 Å². The second-order valence-electron chi connectivity index (χ2n) is 7.03. The maximum atomic E-state index is 11.9. The molecular weight excluding hydrogens is 303 g/mol. The first-order chi connectivity index (χ1) is 11.0. The summed E-state index contributed by atoms with van der Waals surface area (Å²) in [5.41, 5.74) is 2.38. The number of hydrogen-bond acceptors (Lipinski definition) is 5. The number of hydrogen-bond donors (Lipinski definition) is 0. The van der Waals surface area contributed by atoms with Gasteiger partial charge in [-0.25, -0.2) is 0 Å². The van der Waals surface area contributed by atoms with E-state index in [2.05, 4.69) is 4.90 Å². The second-order valence-corrected chi connectivity index (χ2v) is 7.03. The van der Waals surface area contributed by atoms with E-state index in [1.807, 2.05) is 24.3 Å². The first-order valence-corrected chi connectivity index (χ1v) is 7.95. The fourth-order valence-corrected chi connectivity index (χ4v) is 3.74. The maximum absolute atomic E-state index is 11.9. The number of amides is 1. The van der Waals surface area contributed by atoms with Crippen LogP contribution in [-0.4, -0.2) is 49.6 Å². The third-order valence-corrected chi connectivity index (χ3v) is 5.05. The van der Waals surface area contributed by atoms with Gasteiger partial charge in [0.05, 0.1) is 13.2 Å². The number of carboxylic acids is 1. The standard InChI is InChI=1S/C17H20N2O4.Li/c20-15-5-13(16(21)22)7-19(15)14-3-1-12(2-4-14)6-18-8-17(9-18)10-23-11-17;/h1-4,13H,5-11H2,(H,21,22);/q;+1/p-1/t13-;/m0./s1. The van der Waals surface area contributed by atoms with Gasteiger partial charge >= 0.3 is 18.9 Å². The minimum absolute atomic E-state index is 0. The molecule has 0 aliphatic carbocycles. The predicted octanol–water partition coefficient (Wildman–Crippen LogP) is -3.37.